The topological polar surface area (TPSA) is 62.8 Å². The second-order valence-corrected chi connectivity index (χ2v) is 5.90. The number of anilines is 1. The van der Waals surface area contributed by atoms with E-state index in [1.807, 2.05) is 19.1 Å². The third-order valence-corrected chi connectivity index (χ3v) is 3.79. The molecule has 5 heteroatoms. The Morgan fingerprint density at radius 2 is 2.00 bits per heavy atom. The molecule has 0 saturated carbocycles. The van der Waals surface area contributed by atoms with E-state index < -0.39 is 0 Å². The maximum Gasteiger partial charge on any atom is 0.181 e. The molecule has 2 heterocycles. The molecule has 1 saturated heterocycles. The van der Waals surface area contributed by atoms with Crippen LogP contribution in [0.1, 0.15) is 32.5 Å². The van der Waals surface area contributed by atoms with Crippen molar-refractivity contribution in [3.63, 3.8) is 0 Å². The summed E-state index contributed by atoms with van der Waals surface area (Å²) in [6.45, 7) is 6.18. The number of nitrogens with one attached hydrogen (secondary N) is 2. The van der Waals surface area contributed by atoms with Gasteiger partial charge in [0.15, 0.2) is 5.82 Å². The minimum absolute atomic E-state index is 0.310. The fourth-order valence-corrected chi connectivity index (χ4v) is 2.98. The van der Waals surface area contributed by atoms with E-state index in [0.29, 0.717) is 18.2 Å². The number of H-pyrrole nitrogens is 1. The van der Waals surface area contributed by atoms with Gasteiger partial charge in [-0.25, -0.2) is 4.98 Å². The van der Waals surface area contributed by atoms with Gasteiger partial charge in [-0.2, -0.15) is 5.10 Å². The van der Waals surface area contributed by atoms with E-state index in [-0.39, 0.29) is 0 Å². The first-order chi connectivity index (χ1) is 10.1. The predicted molar refractivity (Wildman–Crippen MR) is 83.2 cm³/mol. The fourth-order valence-electron chi connectivity index (χ4n) is 2.98. The second-order valence-electron chi connectivity index (χ2n) is 5.90. The standard InChI is InChI=1S/C16H22N4O/c1-10-7-15(8-11(2)21-10)18-14-6-4-5-13(9-14)16-17-12(3)19-20-16/h4-6,9-11,15,18H,7-8H2,1-3H3,(H,17,19,20). The van der Waals surface area contributed by atoms with E-state index in [1.54, 1.807) is 0 Å². The van der Waals surface area contributed by atoms with Crippen LogP contribution in [0.2, 0.25) is 0 Å². The first-order valence-electron chi connectivity index (χ1n) is 7.51. The molecule has 1 aromatic heterocycles. The number of aromatic nitrogens is 3. The summed E-state index contributed by atoms with van der Waals surface area (Å²) in [5, 5.41) is 10.7. The number of aromatic amines is 1. The van der Waals surface area contributed by atoms with Gasteiger partial charge in [0.25, 0.3) is 0 Å². The Balaban J connectivity index is 1.74. The first kappa shape index (κ1) is 14.1. The van der Waals surface area contributed by atoms with Crippen molar-refractivity contribution in [3.05, 3.63) is 30.1 Å². The lowest BCUT2D eigenvalue weighted by Crippen LogP contribution is -2.36. The Morgan fingerprint density at radius 1 is 1.24 bits per heavy atom. The summed E-state index contributed by atoms with van der Waals surface area (Å²) in [6.07, 6.45) is 2.69. The smallest absolute Gasteiger partial charge is 0.181 e. The number of hydrogen-bond acceptors (Lipinski definition) is 4. The molecule has 5 nitrogen and oxygen atoms in total. The van der Waals surface area contributed by atoms with Gasteiger partial charge in [0, 0.05) is 17.3 Å². The number of aryl methyl sites for hydroxylation is 1. The van der Waals surface area contributed by atoms with E-state index in [2.05, 4.69) is 46.5 Å². The Kier molecular flexibility index (Phi) is 3.92. The van der Waals surface area contributed by atoms with E-state index >= 15 is 0 Å². The Labute approximate surface area is 125 Å². The minimum atomic E-state index is 0.310. The maximum absolute atomic E-state index is 5.79. The SMILES string of the molecule is Cc1nc(-c2cccc(NC3CC(C)OC(C)C3)c2)n[nH]1. The molecule has 21 heavy (non-hydrogen) atoms. The third kappa shape index (κ3) is 3.42. The van der Waals surface area contributed by atoms with Crippen LogP contribution in [0.3, 0.4) is 0 Å². The van der Waals surface area contributed by atoms with Gasteiger partial charge >= 0.3 is 0 Å². The zero-order chi connectivity index (χ0) is 14.8. The Bertz CT molecular complexity index is 600. The van der Waals surface area contributed by atoms with Crippen LogP contribution in [0.25, 0.3) is 11.4 Å². The van der Waals surface area contributed by atoms with Crippen LogP contribution in [0.15, 0.2) is 24.3 Å². The van der Waals surface area contributed by atoms with Gasteiger partial charge in [-0.3, -0.25) is 5.10 Å². The van der Waals surface area contributed by atoms with E-state index in [9.17, 15) is 0 Å². The maximum atomic E-state index is 5.79. The molecule has 0 bridgehead atoms. The van der Waals surface area contributed by atoms with Crippen molar-refractivity contribution in [1.29, 1.82) is 0 Å². The molecule has 1 aliphatic heterocycles. The van der Waals surface area contributed by atoms with Crippen molar-refractivity contribution in [2.75, 3.05) is 5.32 Å². The molecule has 112 valence electrons. The number of hydrogen-bond donors (Lipinski definition) is 2. The third-order valence-electron chi connectivity index (χ3n) is 3.79. The van der Waals surface area contributed by atoms with E-state index in [4.69, 9.17) is 4.74 Å². The molecule has 2 unspecified atom stereocenters. The summed E-state index contributed by atoms with van der Waals surface area (Å²) in [5.74, 6) is 1.57. The lowest BCUT2D eigenvalue weighted by Gasteiger charge is -2.33. The number of nitrogens with zero attached hydrogens (tertiary/aromatic N) is 2. The summed E-state index contributed by atoms with van der Waals surface area (Å²) in [6, 6.07) is 8.72. The molecule has 1 fully saturated rings. The molecular weight excluding hydrogens is 264 g/mol. The molecule has 3 rings (SSSR count). The number of benzene rings is 1. The summed E-state index contributed by atoms with van der Waals surface area (Å²) in [7, 11) is 0. The summed E-state index contributed by atoms with van der Waals surface area (Å²) in [4.78, 5) is 4.38. The first-order valence-corrected chi connectivity index (χ1v) is 7.51. The van der Waals surface area contributed by atoms with Crippen molar-refractivity contribution in [3.8, 4) is 11.4 Å². The van der Waals surface area contributed by atoms with Crippen LogP contribution in [-0.2, 0) is 4.74 Å². The molecule has 2 aromatic rings. The zero-order valence-corrected chi connectivity index (χ0v) is 12.8. The summed E-state index contributed by atoms with van der Waals surface area (Å²) >= 11 is 0. The highest BCUT2D eigenvalue weighted by Crippen LogP contribution is 2.25. The van der Waals surface area contributed by atoms with E-state index in [0.717, 1.165) is 35.7 Å². The molecule has 2 atom stereocenters. The average molecular weight is 286 g/mol. The van der Waals surface area contributed by atoms with Gasteiger partial charge < -0.3 is 10.1 Å². The predicted octanol–water partition coefficient (Wildman–Crippen LogP) is 3.15. The molecular formula is C16H22N4O. The van der Waals surface area contributed by atoms with Crippen LogP contribution >= 0.6 is 0 Å². The van der Waals surface area contributed by atoms with Crippen LogP contribution in [-0.4, -0.2) is 33.4 Å². The number of ether oxygens (including phenoxy) is 1. The summed E-state index contributed by atoms with van der Waals surface area (Å²) in [5.41, 5.74) is 2.14. The van der Waals surface area contributed by atoms with Crippen molar-refractivity contribution >= 4 is 5.69 Å². The zero-order valence-electron chi connectivity index (χ0n) is 12.8. The molecule has 0 spiro atoms. The number of rotatable bonds is 3. The van der Waals surface area contributed by atoms with E-state index in [1.165, 1.54) is 0 Å². The highest BCUT2D eigenvalue weighted by Gasteiger charge is 2.24. The molecule has 0 aliphatic carbocycles. The van der Waals surface area contributed by atoms with Crippen molar-refractivity contribution in [1.82, 2.24) is 15.2 Å². The molecule has 1 aromatic carbocycles. The van der Waals surface area contributed by atoms with Crippen molar-refractivity contribution < 1.29 is 4.74 Å². The minimum Gasteiger partial charge on any atom is -0.382 e. The lowest BCUT2D eigenvalue weighted by molar-refractivity contribution is -0.0337. The van der Waals surface area contributed by atoms with Gasteiger partial charge in [0.1, 0.15) is 5.82 Å². The molecule has 0 amide bonds. The molecule has 1 aliphatic rings. The second kappa shape index (κ2) is 5.85. The normalized spacial score (nSPS) is 25.8. The molecule has 0 radical (unpaired) electrons. The van der Waals surface area contributed by atoms with Gasteiger partial charge in [-0.1, -0.05) is 12.1 Å². The van der Waals surface area contributed by atoms with Gasteiger partial charge in [-0.05, 0) is 45.7 Å². The monoisotopic (exact) mass is 286 g/mol. The highest BCUT2D eigenvalue weighted by molar-refractivity contribution is 5.62. The quantitative estimate of drug-likeness (QED) is 0.910. The van der Waals surface area contributed by atoms with Crippen LogP contribution in [0, 0.1) is 6.92 Å². The largest absolute Gasteiger partial charge is 0.382 e. The average Bonchev–Trinajstić information content (AvgIpc) is 2.84. The highest BCUT2D eigenvalue weighted by atomic mass is 16.5. The fraction of sp³-hybridized carbons (Fsp3) is 0.500. The van der Waals surface area contributed by atoms with Gasteiger partial charge in [-0.15, -0.1) is 0 Å². The van der Waals surface area contributed by atoms with Crippen LogP contribution < -0.4 is 5.32 Å². The van der Waals surface area contributed by atoms with Gasteiger partial charge in [0.05, 0.1) is 12.2 Å². The van der Waals surface area contributed by atoms with Crippen molar-refractivity contribution in [2.45, 2.75) is 51.9 Å². The molecule has 2 N–H and O–H groups in total. The summed E-state index contributed by atoms with van der Waals surface area (Å²) < 4.78 is 5.79. The van der Waals surface area contributed by atoms with Gasteiger partial charge in [0.2, 0.25) is 0 Å². The van der Waals surface area contributed by atoms with Crippen LogP contribution in [0.4, 0.5) is 5.69 Å². The van der Waals surface area contributed by atoms with Crippen molar-refractivity contribution in [2.24, 2.45) is 0 Å². The lowest BCUT2D eigenvalue weighted by atomic mass is 9.99. The Morgan fingerprint density at radius 3 is 2.67 bits per heavy atom. The van der Waals surface area contributed by atoms with Crippen LogP contribution in [0.5, 0.6) is 0 Å². The Hall–Kier alpha value is -1.88.